The van der Waals surface area contributed by atoms with Crippen molar-refractivity contribution in [2.75, 3.05) is 31.6 Å². The van der Waals surface area contributed by atoms with E-state index in [9.17, 15) is 4.79 Å². The minimum Gasteiger partial charge on any atom is -0.374 e. The van der Waals surface area contributed by atoms with Crippen LogP contribution in [0.1, 0.15) is 5.69 Å². The maximum atomic E-state index is 12.0. The van der Waals surface area contributed by atoms with Gasteiger partial charge in [-0.15, -0.1) is 0 Å². The minimum absolute atomic E-state index is 0.0361. The number of nitrogens with one attached hydrogen (secondary N) is 1. The standard InChI is InChI=1S/C14H19N5O3/c1-11-7-14(22-17-11)16-13(20)10-18-5-6-21-12(8-18)9-19-4-2-3-15-19/h2-4,7,12H,5-6,8-10H2,1H3,(H,16,20). The monoisotopic (exact) mass is 305 g/mol. The van der Waals surface area contributed by atoms with Gasteiger partial charge in [-0.1, -0.05) is 5.16 Å². The Bertz CT molecular complexity index is 610. The lowest BCUT2D eigenvalue weighted by Crippen LogP contribution is -2.47. The molecule has 1 aliphatic rings. The molecule has 0 aromatic carbocycles. The van der Waals surface area contributed by atoms with Crippen LogP contribution < -0.4 is 5.32 Å². The van der Waals surface area contributed by atoms with Gasteiger partial charge in [0.2, 0.25) is 11.8 Å². The van der Waals surface area contributed by atoms with Crippen molar-refractivity contribution >= 4 is 11.8 Å². The van der Waals surface area contributed by atoms with Gasteiger partial charge >= 0.3 is 0 Å². The zero-order valence-corrected chi connectivity index (χ0v) is 12.4. The molecular weight excluding hydrogens is 286 g/mol. The molecule has 1 unspecified atom stereocenters. The second-order valence-corrected chi connectivity index (χ2v) is 5.34. The summed E-state index contributed by atoms with van der Waals surface area (Å²) in [5, 5.41) is 10.6. The number of aromatic nitrogens is 3. The van der Waals surface area contributed by atoms with Crippen molar-refractivity contribution in [3.63, 3.8) is 0 Å². The third kappa shape index (κ3) is 3.92. The number of carbonyl (C=O) groups is 1. The third-order valence-electron chi connectivity index (χ3n) is 3.43. The van der Waals surface area contributed by atoms with E-state index in [0.717, 1.165) is 12.2 Å². The van der Waals surface area contributed by atoms with Crippen LogP contribution in [-0.2, 0) is 16.1 Å². The lowest BCUT2D eigenvalue weighted by molar-refractivity contribution is -0.119. The molecule has 2 aromatic heterocycles. The number of anilines is 1. The molecule has 3 heterocycles. The fourth-order valence-corrected chi connectivity index (χ4v) is 2.45. The molecule has 1 atom stereocenters. The van der Waals surface area contributed by atoms with Crippen molar-refractivity contribution in [1.29, 1.82) is 0 Å². The van der Waals surface area contributed by atoms with Gasteiger partial charge in [-0.05, 0) is 13.0 Å². The van der Waals surface area contributed by atoms with Gasteiger partial charge in [0, 0.05) is 31.5 Å². The first kappa shape index (κ1) is 14.7. The molecule has 8 heteroatoms. The van der Waals surface area contributed by atoms with Gasteiger partial charge < -0.3 is 9.26 Å². The number of morpholine rings is 1. The van der Waals surface area contributed by atoms with Crippen molar-refractivity contribution in [2.24, 2.45) is 0 Å². The molecule has 0 aliphatic carbocycles. The van der Waals surface area contributed by atoms with E-state index in [1.54, 1.807) is 19.2 Å². The molecule has 1 saturated heterocycles. The molecule has 1 fully saturated rings. The Kier molecular flexibility index (Phi) is 4.50. The molecule has 2 aromatic rings. The number of carbonyl (C=O) groups excluding carboxylic acids is 1. The van der Waals surface area contributed by atoms with Crippen molar-refractivity contribution < 1.29 is 14.1 Å². The summed E-state index contributed by atoms with van der Waals surface area (Å²) >= 11 is 0. The van der Waals surface area contributed by atoms with E-state index in [1.165, 1.54) is 0 Å². The summed E-state index contributed by atoms with van der Waals surface area (Å²) in [7, 11) is 0. The van der Waals surface area contributed by atoms with Crippen molar-refractivity contribution in [3.8, 4) is 0 Å². The average molecular weight is 305 g/mol. The third-order valence-corrected chi connectivity index (χ3v) is 3.43. The van der Waals surface area contributed by atoms with Gasteiger partial charge in [0.15, 0.2) is 0 Å². The highest BCUT2D eigenvalue weighted by Gasteiger charge is 2.23. The molecule has 22 heavy (non-hydrogen) atoms. The lowest BCUT2D eigenvalue weighted by Gasteiger charge is -2.32. The normalized spacial score (nSPS) is 19.2. The minimum atomic E-state index is -0.115. The average Bonchev–Trinajstić information content (AvgIpc) is 3.11. The van der Waals surface area contributed by atoms with Gasteiger partial charge in [0.1, 0.15) is 0 Å². The molecule has 0 radical (unpaired) electrons. The van der Waals surface area contributed by atoms with Crippen LogP contribution in [0.5, 0.6) is 0 Å². The molecule has 1 N–H and O–H groups in total. The number of hydrogen-bond acceptors (Lipinski definition) is 6. The Morgan fingerprint density at radius 2 is 2.45 bits per heavy atom. The number of amides is 1. The number of aryl methyl sites for hydroxylation is 1. The van der Waals surface area contributed by atoms with Crippen LogP contribution in [0, 0.1) is 6.92 Å². The summed E-state index contributed by atoms with van der Waals surface area (Å²) in [5.41, 5.74) is 0.737. The first-order chi connectivity index (χ1) is 10.7. The van der Waals surface area contributed by atoms with Gasteiger partial charge in [0.25, 0.3) is 0 Å². The number of rotatable bonds is 5. The van der Waals surface area contributed by atoms with E-state index in [0.29, 0.717) is 32.1 Å². The van der Waals surface area contributed by atoms with Crippen LogP contribution in [0.15, 0.2) is 29.0 Å². The Hall–Kier alpha value is -2.19. The van der Waals surface area contributed by atoms with E-state index < -0.39 is 0 Å². The first-order valence-electron chi connectivity index (χ1n) is 7.23. The summed E-state index contributed by atoms with van der Waals surface area (Å²) in [5.74, 6) is 0.264. The van der Waals surface area contributed by atoms with E-state index in [-0.39, 0.29) is 12.0 Å². The van der Waals surface area contributed by atoms with E-state index >= 15 is 0 Å². The van der Waals surface area contributed by atoms with E-state index in [1.807, 2.05) is 16.9 Å². The second-order valence-electron chi connectivity index (χ2n) is 5.34. The molecule has 0 spiro atoms. The second kappa shape index (κ2) is 6.71. The maximum absolute atomic E-state index is 12.0. The highest BCUT2D eigenvalue weighted by molar-refractivity contribution is 5.90. The smallest absolute Gasteiger partial charge is 0.240 e. The molecule has 8 nitrogen and oxygen atoms in total. The number of ether oxygens (including phenoxy) is 1. The van der Waals surface area contributed by atoms with E-state index in [2.05, 4.69) is 20.5 Å². The molecule has 118 valence electrons. The summed E-state index contributed by atoms with van der Waals surface area (Å²) < 4.78 is 12.5. The summed E-state index contributed by atoms with van der Waals surface area (Å²) in [6, 6.07) is 3.57. The molecule has 1 aliphatic heterocycles. The van der Waals surface area contributed by atoms with Gasteiger partial charge in [-0.25, -0.2) is 0 Å². The van der Waals surface area contributed by atoms with Gasteiger partial charge in [0.05, 0.1) is 31.5 Å². The SMILES string of the molecule is Cc1cc(NC(=O)CN2CCOC(Cn3cccn3)C2)on1. The highest BCUT2D eigenvalue weighted by atomic mass is 16.5. The van der Waals surface area contributed by atoms with Crippen LogP contribution in [-0.4, -0.2) is 58.1 Å². The molecule has 1 amide bonds. The van der Waals surface area contributed by atoms with Crippen LogP contribution in [0.4, 0.5) is 5.88 Å². The zero-order chi connectivity index (χ0) is 15.4. The molecule has 0 saturated carbocycles. The van der Waals surface area contributed by atoms with Crippen LogP contribution in [0.2, 0.25) is 0 Å². The van der Waals surface area contributed by atoms with Gasteiger partial charge in [-0.3, -0.25) is 19.7 Å². The number of nitrogens with zero attached hydrogens (tertiary/aromatic N) is 4. The fourth-order valence-electron chi connectivity index (χ4n) is 2.45. The first-order valence-corrected chi connectivity index (χ1v) is 7.23. The Morgan fingerprint density at radius 3 is 3.18 bits per heavy atom. The fraction of sp³-hybridized carbons (Fsp3) is 0.500. The quantitative estimate of drug-likeness (QED) is 0.867. The highest BCUT2D eigenvalue weighted by Crippen LogP contribution is 2.10. The summed E-state index contributed by atoms with van der Waals surface area (Å²) in [6.07, 6.45) is 3.68. The molecule has 3 rings (SSSR count). The van der Waals surface area contributed by atoms with E-state index in [4.69, 9.17) is 9.26 Å². The van der Waals surface area contributed by atoms with Gasteiger partial charge in [-0.2, -0.15) is 5.10 Å². The lowest BCUT2D eigenvalue weighted by atomic mass is 10.2. The predicted molar refractivity (Wildman–Crippen MR) is 78.3 cm³/mol. The Balaban J connectivity index is 1.48. The largest absolute Gasteiger partial charge is 0.374 e. The van der Waals surface area contributed by atoms with Crippen LogP contribution in [0.25, 0.3) is 0 Å². The summed E-state index contributed by atoms with van der Waals surface area (Å²) in [4.78, 5) is 14.1. The predicted octanol–water partition coefficient (Wildman–Crippen LogP) is 0.519. The Morgan fingerprint density at radius 1 is 1.55 bits per heavy atom. The molecular formula is C14H19N5O3. The zero-order valence-electron chi connectivity index (χ0n) is 12.4. The van der Waals surface area contributed by atoms with Crippen molar-refractivity contribution in [1.82, 2.24) is 19.8 Å². The Labute approximate surface area is 128 Å². The topological polar surface area (TPSA) is 85.4 Å². The van der Waals surface area contributed by atoms with Crippen LogP contribution >= 0.6 is 0 Å². The number of hydrogen-bond donors (Lipinski definition) is 1. The maximum Gasteiger partial charge on any atom is 0.240 e. The van der Waals surface area contributed by atoms with Crippen molar-refractivity contribution in [3.05, 3.63) is 30.2 Å². The van der Waals surface area contributed by atoms with Crippen molar-refractivity contribution in [2.45, 2.75) is 19.6 Å². The molecule has 0 bridgehead atoms. The summed E-state index contributed by atoms with van der Waals surface area (Å²) in [6.45, 7) is 4.84. The van der Waals surface area contributed by atoms with Crippen LogP contribution in [0.3, 0.4) is 0 Å².